The van der Waals surface area contributed by atoms with Gasteiger partial charge in [-0.3, -0.25) is 13.9 Å². The molecule has 0 aliphatic carbocycles. The van der Waals surface area contributed by atoms with Gasteiger partial charge in [0.15, 0.2) is 0 Å². The van der Waals surface area contributed by atoms with E-state index in [9.17, 15) is 23.7 Å². The fourth-order valence-corrected chi connectivity index (χ4v) is 5.21. The molecule has 2 unspecified atom stereocenters. The Labute approximate surface area is 142 Å². The predicted molar refractivity (Wildman–Crippen MR) is 92.2 cm³/mol. The lowest BCUT2D eigenvalue weighted by molar-refractivity contribution is -0.131. The van der Waals surface area contributed by atoms with E-state index in [0.29, 0.717) is 0 Å². The lowest BCUT2D eigenvalue weighted by atomic mass is 10.3. The molecule has 24 heavy (non-hydrogen) atoms. The molecule has 0 saturated heterocycles. The maximum atomic E-state index is 12.3. The Kier molecular flexibility index (Phi) is 7.39. The largest absolute Gasteiger partial charge is 0.425 e. The molecule has 0 saturated carbocycles. The maximum Gasteiger partial charge on any atom is 0.362 e. The summed E-state index contributed by atoms with van der Waals surface area (Å²) in [6, 6.07) is 5.69. The summed E-state index contributed by atoms with van der Waals surface area (Å²) in [5.41, 5.74) is 0. The summed E-state index contributed by atoms with van der Waals surface area (Å²) in [7, 11) is -7.83. The van der Waals surface area contributed by atoms with E-state index in [1.54, 1.807) is 27.7 Å². The first-order valence-electron chi connectivity index (χ1n) is 7.55. The van der Waals surface area contributed by atoms with Gasteiger partial charge >= 0.3 is 13.6 Å². The molecule has 0 bridgehead atoms. The molecule has 0 aliphatic rings. The first-order valence-corrected chi connectivity index (χ1v) is 11.2. The summed E-state index contributed by atoms with van der Waals surface area (Å²) < 4.78 is 34.3. The van der Waals surface area contributed by atoms with Crippen LogP contribution in [0.2, 0.25) is 0 Å². The number of hydrogen-bond acceptors (Lipinski definition) is 5. The van der Waals surface area contributed by atoms with Crippen molar-refractivity contribution in [3.05, 3.63) is 24.3 Å². The minimum atomic E-state index is -4.18. The zero-order chi connectivity index (χ0) is 18.5. The molecule has 0 aromatic heterocycles. The van der Waals surface area contributed by atoms with Gasteiger partial charge in [-0.2, -0.15) is 0 Å². The Morgan fingerprint density at radius 1 is 1.12 bits per heavy atom. The zero-order valence-corrected chi connectivity index (χ0v) is 16.0. The molecule has 0 radical (unpaired) electrons. The average molecular weight is 378 g/mol. The SMILES string of the molecule is CC(C)CP(=O)(O)CC(=O)Oc1ccccc1P(=O)(O)OC(C)C. The highest BCUT2D eigenvalue weighted by molar-refractivity contribution is 7.61. The number of carbonyl (C=O) groups is 1. The monoisotopic (exact) mass is 378 g/mol. The number of ether oxygens (including phenoxy) is 1. The zero-order valence-electron chi connectivity index (χ0n) is 14.2. The topological polar surface area (TPSA) is 110 Å². The summed E-state index contributed by atoms with van der Waals surface area (Å²) in [5.74, 6) is -1.13. The molecule has 1 rings (SSSR count). The van der Waals surface area contributed by atoms with Gasteiger partial charge in [0.1, 0.15) is 17.2 Å². The summed E-state index contributed by atoms with van der Waals surface area (Å²) in [6.45, 7) is 6.75. The van der Waals surface area contributed by atoms with Crippen LogP contribution in [0.15, 0.2) is 24.3 Å². The highest BCUT2D eigenvalue weighted by atomic mass is 31.2. The number of rotatable bonds is 8. The van der Waals surface area contributed by atoms with Crippen LogP contribution in [0.4, 0.5) is 0 Å². The first kappa shape index (κ1) is 21.1. The molecule has 2 atom stereocenters. The highest BCUT2D eigenvalue weighted by Crippen LogP contribution is 2.45. The van der Waals surface area contributed by atoms with Crippen molar-refractivity contribution in [2.75, 3.05) is 12.3 Å². The van der Waals surface area contributed by atoms with E-state index >= 15 is 0 Å². The summed E-state index contributed by atoms with van der Waals surface area (Å²) in [4.78, 5) is 31.8. The van der Waals surface area contributed by atoms with E-state index in [0.717, 1.165) is 0 Å². The number of esters is 1. The van der Waals surface area contributed by atoms with Crippen LogP contribution in [0, 0.1) is 5.92 Å². The third-order valence-electron chi connectivity index (χ3n) is 2.77. The van der Waals surface area contributed by atoms with Crippen molar-refractivity contribution in [1.29, 1.82) is 0 Å². The van der Waals surface area contributed by atoms with Crippen molar-refractivity contribution < 1.29 is 33.0 Å². The summed E-state index contributed by atoms with van der Waals surface area (Å²) in [6.07, 6.45) is -1.16. The lowest BCUT2D eigenvalue weighted by Crippen LogP contribution is -2.20. The second kappa shape index (κ2) is 8.41. The van der Waals surface area contributed by atoms with E-state index in [1.807, 2.05) is 0 Å². The second-order valence-corrected chi connectivity index (χ2v) is 10.3. The third-order valence-corrected chi connectivity index (χ3v) is 6.51. The van der Waals surface area contributed by atoms with E-state index in [1.165, 1.54) is 24.3 Å². The molecule has 136 valence electrons. The van der Waals surface area contributed by atoms with Crippen LogP contribution in [0.1, 0.15) is 27.7 Å². The van der Waals surface area contributed by atoms with Gasteiger partial charge in [0.2, 0.25) is 7.37 Å². The van der Waals surface area contributed by atoms with Crippen molar-refractivity contribution in [3.63, 3.8) is 0 Å². The van der Waals surface area contributed by atoms with Crippen LogP contribution in [0.3, 0.4) is 0 Å². The van der Waals surface area contributed by atoms with Crippen LogP contribution in [0.5, 0.6) is 5.75 Å². The highest BCUT2D eigenvalue weighted by Gasteiger charge is 2.30. The molecule has 0 spiro atoms. The molecule has 0 amide bonds. The second-order valence-electron chi connectivity index (χ2n) is 6.20. The Hall–Kier alpha value is -0.970. The minimum Gasteiger partial charge on any atom is -0.425 e. The summed E-state index contributed by atoms with van der Waals surface area (Å²) in [5, 5.41) is -0.163. The number of benzene rings is 1. The molecule has 0 fully saturated rings. The van der Waals surface area contributed by atoms with Crippen LogP contribution < -0.4 is 10.0 Å². The summed E-state index contributed by atoms with van der Waals surface area (Å²) >= 11 is 0. The smallest absolute Gasteiger partial charge is 0.362 e. The maximum absolute atomic E-state index is 12.3. The van der Waals surface area contributed by atoms with Crippen molar-refractivity contribution in [3.8, 4) is 5.75 Å². The number of para-hydroxylation sites is 1. The molecule has 0 aliphatic heterocycles. The fourth-order valence-electron chi connectivity index (χ4n) is 2.11. The van der Waals surface area contributed by atoms with Crippen molar-refractivity contribution in [1.82, 2.24) is 0 Å². The Morgan fingerprint density at radius 3 is 2.25 bits per heavy atom. The quantitative estimate of drug-likeness (QED) is 0.407. The van der Waals surface area contributed by atoms with Gasteiger partial charge in [-0.15, -0.1) is 0 Å². The van der Waals surface area contributed by atoms with Gasteiger partial charge in [-0.1, -0.05) is 26.0 Å². The first-order chi connectivity index (χ1) is 10.9. The molecule has 9 heteroatoms. The molecule has 1 aromatic rings. The van der Waals surface area contributed by atoms with Gasteiger partial charge < -0.3 is 19.0 Å². The fraction of sp³-hybridized carbons (Fsp3) is 0.533. The van der Waals surface area contributed by atoms with Gasteiger partial charge in [0.25, 0.3) is 0 Å². The van der Waals surface area contributed by atoms with Gasteiger partial charge in [0, 0.05) is 6.16 Å². The molecular weight excluding hydrogens is 354 g/mol. The molecular formula is C15H24O7P2. The van der Waals surface area contributed by atoms with E-state index in [-0.39, 0.29) is 23.1 Å². The Morgan fingerprint density at radius 2 is 1.71 bits per heavy atom. The van der Waals surface area contributed by atoms with Crippen LogP contribution in [-0.2, 0) is 18.4 Å². The standard InChI is InChI=1S/C15H24O7P2/c1-11(2)9-23(17,18)10-15(16)21-13-7-5-6-8-14(13)24(19,20)22-12(3)4/h5-8,11-12H,9-10H2,1-4H3,(H,17,18)(H,19,20). The van der Waals surface area contributed by atoms with Crippen molar-refractivity contribution >= 4 is 26.2 Å². The van der Waals surface area contributed by atoms with E-state index in [4.69, 9.17) is 9.26 Å². The number of carbonyl (C=O) groups excluding carboxylic acids is 1. The van der Waals surface area contributed by atoms with E-state index < -0.39 is 33.2 Å². The Bertz CT molecular complexity index is 670. The molecule has 1 aromatic carbocycles. The average Bonchev–Trinajstić information content (AvgIpc) is 2.34. The number of hydrogen-bond donors (Lipinski definition) is 2. The normalized spacial score (nSPS) is 16.7. The molecule has 0 heterocycles. The van der Waals surface area contributed by atoms with Gasteiger partial charge in [-0.05, 0) is 31.9 Å². The van der Waals surface area contributed by atoms with Crippen LogP contribution >= 0.6 is 15.0 Å². The predicted octanol–water partition coefficient (Wildman–Crippen LogP) is 2.75. The molecule has 2 N–H and O–H groups in total. The van der Waals surface area contributed by atoms with Gasteiger partial charge in [-0.25, -0.2) is 0 Å². The third kappa shape index (κ3) is 6.88. The van der Waals surface area contributed by atoms with E-state index in [2.05, 4.69) is 0 Å². The van der Waals surface area contributed by atoms with Gasteiger partial charge in [0.05, 0.1) is 6.10 Å². The van der Waals surface area contributed by atoms with Crippen LogP contribution in [-0.4, -0.2) is 34.2 Å². The molecule has 7 nitrogen and oxygen atoms in total. The minimum absolute atomic E-state index is 0.00129. The van der Waals surface area contributed by atoms with Crippen molar-refractivity contribution in [2.45, 2.75) is 33.8 Å². The van der Waals surface area contributed by atoms with Crippen LogP contribution in [0.25, 0.3) is 0 Å². The van der Waals surface area contributed by atoms with Crippen molar-refractivity contribution in [2.24, 2.45) is 5.92 Å². The lowest BCUT2D eigenvalue weighted by Gasteiger charge is -2.18. The Balaban J connectivity index is 2.95.